The van der Waals surface area contributed by atoms with E-state index >= 15 is 0 Å². The third-order valence-electron chi connectivity index (χ3n) is 3.33. The molecule has 1 aromatic carbocycles. The van der Waals surface area contributed by atoms with Crippen LogP contribution in [0.25, 0.3) is 0 Å². The van der Waals surface area contributed by atoms with Crippen LogP contribution < -0.4 is 9.47 Å². The summed E-state index contributed by atoms with van der Waals surface area (Å²) in [6, 6.07) is 4.96. The van der Waals surface area contributed by atoms with Gasteiger partial charge in [0.2, 0.25) is 0 Å². The number of carbonyl (C=O) groups excluding carboxylic acids is 2. The predicted octanol–water partition coefficient (Wildman–Crippen LogP) is 2.89. The minimum Gasteiger partial charge on any atom is -0.493 e. The topological polar surface area (TPSA) is 70.4 Å². The van der Waals surface area contributed by atoms with E-state index in [1.54, 1.807) is 36.1 Å². The maximum Gasteiger partial charge on any atom is 0.184 e. The quantitative estimate of drug-likeness (QED) is 0.501. The Bertz CT molecular complexity index is 740. The molecular weight excluding hydrogens is 411 g/mol. The van der Waals surface area contributed by atoms with Crippen LogP contribution in [0.5, 0.6) is 11.5 Å². The van der Waals surface area contributed by atoms with Crippen LogP contribution >= 0.6 is 22.6 Å². The summed E-state index contributed by atoms with van der Waals surface area (Å²) in [6.45, 7) is 0. The van der Waals surface area contributed by atoms with Gasteiger partial charge in [0.1, 0.15) is 5.69 Å². The molecule has 0 bridgehead atoms. The number of rotatable bonds is 7. The highest BCUT2D eigenvalue weighted by atomic mass is 127. The Hall–Kier alpha value is -1.90. The Kier molecular flexibility index (Phi) is 5.75. The Morgan fingerprint density at radius 1 is 1.13 bits per heavy atom. The van der Waals surface area contributed by atoms with E-state index in [0.717, 1.165) is 3.57 Å². The van der Waals surface area contributed by atoms with E-state index in [9.17, 15) is 9.59 Å². The van der Waals surface area contributed by atoms with Crippen LogP contribution in [0.15, 0.2) is 24.4 Å². The van der Waals surface area contributed by atoms with Crippen LogP contribution in [0.4, 0.5) is 0 Å². The minimum atomic E-state index is -0.135. The molecule has 0 saturated heterocycles. The van der Waals surface area contributed by atoms with Gasteiger partial charge >= 0.3 is 0 Å². The maximum absolute atomic E-state index is 12.3. The average molecular weight is 428 g/mol. The standard InChI is InChI=1S/C16H17IN2O4/c1-19-9-11(17)16(18-19)13(21)6-5-12(20)10-4-7-14(22-2)15(8-10)23-3/h4,7-9H,5-6H2,1-3H3. The Balaban J connectivity index is 2.05. The maximum atomic E-state index is 12.3. The molecular formula is C16H17IN2O4. The van der Waals surface area contributed by atoms with Gasteiger partial charge in [0.15, 0.2) is 23.1 Å². The van der Waals surface area contributed by atoms with Crippen LogP contribution in [0.1, 0.15) is 33.7 Å². The molecule has 2 rings (SSSR count). The molecule has 122 valence electrons. The molecule has 1 aromatic heterocycles. The lowest BCUT2D eigenvalue weighted by atomic mass is 10.0. The van der Waals surface area contributed by atoms with E-state index in [4.69, 9.17) is 9.47 Å². The van der Waals surface area contributed by atoms with Gasteiger partial charge in [-0.15, -0.1) is 0 Å². The van der Waals surface area contributed by atoms with E-state index in [1.807, 2.05) is 0 Å². The van der Waals surface area contributed by atoms with Crippen LogP contribution in [0, 0.1) is 3.57 Å². The lowest BCUT2D eigenvalue weighted by Crippen LogP contribution is -2.07. The second-order valence-corrected chi connectivity index (χ2v) is 6.08. The van der Waals surface area contributed by atoms with Crippen LogP contribution in [-0.4, -0.2) is 35.6 Å². The zero-order chi connectivity index (χ0) is 17.0. The van der Waals surface area contributed by atoms with Crippen molar-refractivity contribution in [2.45, 2.75) is 12.8 Å². The Labute approximate surface area is 147 Å². The first-order chi connectivity index (χ1) is 11.0. The summed E-state index contributed by atoms with van der Waals surface area (Å²) in [6.07, 6.45) is 2.02. The van der Waals surface area contributed by atoms with Crippen molar-refractivity contribution in [3.05, 3.63) is 39.2 Å². The third-order valence-corrected chi connectivity index (χ3v) is 4.12. The second-order valence-electron chi connectivity index (χ2n) is 4.92. The number of methoxy groups -OCH3 is 2. The second kappa shape index (κ2) is 7.58. The number of hydrogen-bond acceptors (Lipinski definition) is 5. The van der Waals surface area contributed by atoms with Crippen LogP contribution in [0.3, 0.4) is 0 Å². The first-order valence-electron chi connectivity index (χ1n) is 6.93. The Morgan fingerprint density at radius 2 is 1.78 bits per heavy atom. The van der Waals surface area contributed by atoms with Crippen molar-refractivity contribution in [3.63, 3.8) is 0 Å². The molecule has 0 amide bonds. The summed E-state index contributed by atoms with van der Waals surface area (Å²) >= 11 is 2.06. The number of halogens is 1. The number of Topliss-reactive ketones (excluding diaryl/α,β-unsaturated/α-hetero) is 2. The highest BCUT2D eigenvalue weighted by molar-refractivity contribution is 14.1. The number of nitrogens with zero attached hydrogens (tertiary/aromatic N) is 2. The molecule has 7 heteroatoms. The van der Waals surface area contributed by atoms with E-state index in [2.05, 4.69) is 27.7 Å². The van der Waals surface area contributed by atoms with Crippen molar-refractivity contribution in [2.24, 2.45) is 7.05 Å². The van der Waals surface area contributed by atoms with Crippen molar-refractivity contribution < 1.29 is 19.1 Å². The van der Waals surface area contributed by atoms with Crippen molar-refractivity contribution >= 4 is 34.2 Å². The molecule has 0 unspecified atom stereocenters. The molecule has 0 radical (unpaired) electrons. The number of hydrogen-bond donors (Lipinski definition) is 0. The smallest absolute Gasteiger partial charge is 0.184 e. The van der Waals surface area contributed by atoms with Gasteiger partial charge in [0, 0.05) is 31.6 Å². The average Bonchev–Trinajstić information content (AvgIpc) is 2.90. The summed E-state index contributed by atoms with van der Waals surface area (Å²) in [5, 5.41) is 4.12. The summed E-state index contributed by atoms with van der Waals surface area (Å²) in [5.41, 5.74) is 0.902. The third kappa shape index (κ3) is 4.10. The van der Waals surface area contributed by atoms with E-state index in [0.29, 0.717) is 22.8 Å². The predicted molar refractivity (Wildman–Crippen MR) is 93.4 cm³/mol. The van der Waals surface area contributed by atoms with Gasteiger partial charge in [0.05, 0.1) is 17.8 Å². The van der Waals surface area contributed by atoms with Crippen LogP contribution in [0.2, 0.25) is 0 Å². The number of aromatic nitrogens is 2. The summed E-state index contributed by atoms with van der Waals surface area (Å²) < 4.78 is 12.7. The fourth-order valence-corrected chi connectivity index (χ4v) is 2.96. The fraction of sp³-hybridized carbons (Fsp3) is 0.312. The molecule has 23 heavy (non-hydrogen) atoms. The molecule has 0 atom stereocenters. The van der Waals surface area contributed by atoms with Crippen molar-refractivity contribution in [1.29, 1.82) is 0 Å². The highest BCUT2D eigenvalue weighted by Crippen LogP contribution is 2.28. The summed E-state index contributed by atoms with van der Waals surface area (Å²) in [5.74, 6) is 0.793. The van der Waals surface area contributed by atoms with Gasteiger partial charge < -0.3 is 9.47 Å². The Morgan fingerprint density at radius 3 is 2.35 bits per heavy atom. The zero-order valence-corrected chi connectivity index (χ0v) is 15.3. The first kappa shape index (κ1) is 17.5. The highest BCUT2D eigenvalue weighted by Gasteiger charge is 2.17. The fourth-order valence-electron chi connectivity index (χ4n) is 2.15. The van der Waals surface area contributed by atoms with Gasteiger partial charge in [0.25, 0.3) is 0 Å². The number of aryl methyl sites for hydroxylation is 1. The van der Waals surface area contributed by atoms with Crippen molar-refractivity contribution in [1.82, 2.24) is 9.78 Å². The molecule has 0 aliphatic carbocycles. The lowest BCUT2D eigenvalue weighted by molar-refractivity contribution is 0.0914. The summed E-state index contributed by atoms with van der Waals surface area (Å²) in [4.78, 5) is 24.4. The van der Waals surface area contributed by atoms with Gasteiger partial charge in [-0.3, -0.25) is 14.3 Å². The molecule has 0 spiro atoms. The number of carbonyl (C=O) groups is 2. The SMILES string of the molecule is COc1ccc(C(=O)CCC(=O)c2nn(C)cc2I)cc1OC. The number of ether oxygens (including phenoxy) is 2. The minimum absolute atomic E-state index is 0.120. The van der Waals surface area contributed by atoms with E-state index < -0.39 is 0 Å². The van der Waals surface area contributed by atoms with Gasteiger partial charge in [-0.1, -0.05) is 0 Å². The molecule has 2 aromatic rings. The summed E-state index contributed by atoms with van der Waals surface area (Å²) in [7, 11) is 4.80. The normalized spacial score (nSPS) is 10.4. The zero-order valence-electron chi connectivity index (χ0n) is 13.1. The molecule has 0 fully saturated rings. The monoisotopic (exact) mass is 428 g/mol. The van der Waals surface area contributed by atoms with Crippen LogP contribution in [-0.2, 0) is 7.05 Å². The largest absolute Gasteiger partial charge is 0.493 e. The van der Waals surface area contributed by atoms with Gasteiger partial charge in [-0.05, 0) is 40.8 Å². The van der Waals surface area contributed by atoms with E-state index in [-0.39, 0.29) is 24.4 Å². The number of benzene rings is 1. The molecule has 0 N–H and O–H groups in total. The van der Waals surface area contributed by atoms with Crippen molar-refractivity contribution in [2.75, 3.05) is 14.2 Å². The molecule has 6 nitrogen and oxygen atoms in total. The van der Waals surface area contributed by atoms with E-state index in [1.165, 1.54) is 14.2 Å². The molecule has 0 aliphatic heterocycles. The molecule has 0 aliphatic rings. The molecule has 1 heterocycles. The van der Waals surface area contributed by atoms with Gasteiger partial charge in [-0.25, -0.2) is 0 Å². The number of ketones is 2. The molecule has 0 saturated carbocycles. The van der Waals surface area contributed by atoms with Crippen molar-refractivity contribution in [3.8, 4) is 11.5 Å². The van der Waals surface area contributed by atoms with Gasteiger partial charge in [-0.2, -0.15) is 5.10 Å². The lowest BCUT2D eigenvalue weighted by Gasteiger charge is -2.08. The first-order valence-corrected chi connectivity index (χ1v) is 8.01.